The molecular formula is C24H31F3N4O3. The molecule has 1 saturated carbocycles. The Morgan fingerprint density at radius 2 is 1.91 bits per heavy atom. The molecule has 1 aromatic rings. The van der Waals surface area contributed by atoms with Crippen molar-refractivity contribution in [3.05, 3.63) is 34.9 Å². The Morgan fingerprint density at radius 3 is 2.62 bits per heavy atom. The number of carbonyl (C=O) groups is 2. The number of ether oxygens (including phenoxy) is 1. The van der Waals surface area contributed by atoms with E-state index in [-0.39, 0.29) is 30.4 Å². The fourth-order valence-electron chi connectivity index (χ4n) is 5.85. The van der Waals surface area contributed by atoms with Crippen molar-refractivity contribution in [2.45, 2.75) is 63.0 Å². The number of halogens is 3. The summed E-state index contributed by atoms with van der Waals surface area (Å²) in [6.45, 7) is 2.91. The summed E-state index contributed by atoms with van der Waals surface area (Å²) in [5, 5.41) is 6.43. The molecular weight excluding hydrogens is 449 g/mol. The Morgan fingerprint density at radius 1 is 1.12 bits per heavy atom. The van der Waals surface area contributed by atoms with E-state index in [0.29, 0.717) is 36.8 Å². The highest BCUT2D eigenvalue weighted by molar-refractivity contribution is 5.80. The predicted molar refractivity (Wildman–Crippen MR) is 118 cm³/mol. The summed E-state index contributed by atoms with van der Waals surface area (Å²) < 4.78 is 45.6. The van der Waals surface area contributed by atoms with E-state index in [2.05, 4.69) is 10.6 Å². The fourth-order valence-corrected chi connectivity index (χ4v) is 5.85. The average molecular weight is 481 g/mol. The van der Waals surface area contributed by atoms with Gasteiger partial charge in [-0.2, -0.15) is 13.2 Å². The van der Waals surface area contributed by atoms with Gasteiger partial charge in [0.15, 0.2) is 0 Å². The van der Waals surface area contributed by atoms with Crippen LogP contribution in [0.2, 0.25) is 0 Å². The van der Waals surface area contributed by atoms with E-state index in [1.54, 1.807) is 9.80 Å². The van der Waals surface area contributed by atoms with Crippen LogP contribution in [0.25, 0.3) is 0 Å². The van der Waals surface area contributed by atoms with Crippen LogP contribution >= 0.6 is 0 Å². The zero-order chi connectivity index (χ0) is 23.9. The van der Waals surface area contributed by atoms with Gasteiger partial charge in [0.2, 0.25) is 5.91 Å². The predicted octanol–water partition coefficient (Wildman–Crippen LogP) is 3.05. The third kappa shape index (κ3) is 4.75. The number of rotatable bonds is 4. The maximum atomic E-state index is 13.5. The van der Waals surface area contributed by atoms with Gasteiger partial charge in [0.05, 0.1) is 11.6 Å². The highest BCUT2D eigenvalue weighted by atomic mass is 19.4. The summed E-state index contributed by atoms with van der Waals surface area (Å²) in [5.74, 6) is -0.179. The Bertz CT molecular complexity index is 935. The van der Waals surface area contributed by atoms with Gasteiger partial charge in [-0.05, 0) is 55.4 Å². The quantitative estimate of drug-likeness (QED) is 0.695. The molecule has 3 aliphatic heterocycles. The van der Waals surface area contributed by atoms with Gasteiger partial charge < -0.3 is 25.2 Å². The minimum Gasteiger partial charge on any atom is -0.381 e. The van der Waals surface area contributed by atoms with Crippen molar-refractivity contribution < 1.29 is 27.5 Å². The number of benzene rings is 1. The lowest BCUT2D eigenvalue weighted by Crippen LogP contribution is -2.47. The molecule has 2 N–H and O–H groups in total. The van der Waals surface area contributed by atoms with Gasteiger partial charge in [0.25, 0.3) is 0 Å². The monoisotopic (exact) mass is 480 g/mol. The van der Waals surface area contributed by atoms with Gasteiger partial charge in [0, 0.05) is 57.4 Å². The van der Waals surface area contributed by atoms with E-state index in [1.807, 2.05) is 0 Å². The maximum Gasteiger partial charge on any atom is 0.416 e. The summed E-state index contributed by atoms with van der Waals surface area (Å²) >= 11 is 0. The lowest BCUT2D eigenvalue weighted by Gasteiger charge is -2.40. The van der Waals surface area contributed by atoms with Crippen LogP contribution in [-0.4, -0.2) is 66.7 Å². The molecule has 186 valence electrons. The minimum atomic E-state index is -4.46. The van der Waals surface area contributed by atoms with Gasteiger partial charge in [-0.1, -0.05) is 6.07 Å². The number of hydrogen-bond donors (Lipinski definition) is 2. The SMILES string of the molecule is O=C(C1CCC(NC2CCOCC2)C1)N1Cc2cc(C(F)(F)F)ccc2C(N2CCNC2=O)C1. The molecule has 0 aromatic heterocycles. The van der Waals surface area contributed by atoms with Gasteiger partial charge in [-0.15, -0.1) is 0 Å². The van der Waals surface area contributed by atoms with Crippen molar-refractivity contribution in [3.63, 3.8) is 0 Å². The van der Waals surface area contributed by atoms with Gasteiger partial charge >= 0.3 is 12.2 Å². The lowest BCUT2D eigenvalue weighted by atomic mass is 9.91. The number of amides is 3. The van der Waals surface area contributed by atoms with Crippen LogP contribution in [0.3, 0.4) is 0 Å². The summed E-state index contributed by atoms with van der Waals surface area (Å²) in [4.78, 5) is 29.2. The molecule has 1 aliphatic carbocycles. The number of fused-ring (bicyclic) bond motifs is 1. The summed E-state index contributed by atoms with van der Waals surface area (Å²) in [6, 6.07) is 3.67. The highest BCUT2D eigenvalue weighted by Gasteiger charge is 2.41. The third-order valence-electron chi connectivity index (χ3n) is 7.64. The molecule has 3 heterocycles. The van der Waals surface area contributed by atoms with Gasteiger partial charge in [-0.25, -0.2) is 4.79 Å². The molecule has 1 aromatic carbocycles. The first kappa shape index (κ1) is 23.4. The first-order chi connectivity index (χ1) is 16.3. The van der Waals surface area contributed by atoms with Crippen LogP contribution in [0, 0.1) is 5.92 Å². The van der Waals surface area contributed by atoms with Crippen LogP contribution in [0.1, 0.15) is 54.8 Å². The van der Waals surface area contributed by atoms with Crippen LogP contribution in [0.4, 0.5) is 18.0 Å². The topological polar surface area (TPSA) is 73.9 Å². The molecule has 3 unspecified atom stereocenters. The molecule has 0 radical (unpaired) electrons. The molecule has 7 nitrogen and oxygen atoms in total. The number of urea groups is 1. The van der Waals surface area contributed by atoms with Gasteiger partial charge in [-0.3, -0.25) is 4.79 Å². The Hall–Kier alpha value is -2.33. The van der Waals surface area contributed by atoms with Gasteiger partial charge in [0.1, 0.15) is 0 Å². The normalized spacial score (nSPS) is 28.2. The lowest BCUT2D eigenvalue weighted by molar-refractivity contribution is -0.137. The molecule has 3 amide bonds. The van der Waals surface area contributed by atoms with E-state index in [0.717, 1.165) is 57.5 Å². The second kappa shape index (κ2) is 9.37. The average Bonchev–Trinajstić information content (AvgIpc) is 3.46. The van der Waals surface area contributed by atoms with Crippen molar-refractivity contribution in [1.82, 2.24) is 20.4 Å². The number of nitrogens with zero attached hydrogens (tertiary/aromatic N) is 2. The van der Waals surface area contributed by atoms with Crippen LogP contribution in [-0.2, 0) is 22.3 Å². The summed E-state index contributed by atoms with van der Waals surface area (Å²) in [6.07, 6.45) is -0.111. The largest absolute Gasteiger partial charge is 0.416 e. The second-order valence-electron chi connectivity index (χ2n) is 9.83. The molecule has 0 bridgehead atoms. The Balaban J connectivity index is 1.33. The Labute approximate surface area is 197 Å². The molecule has 5 rings (SSSR count). The minimum absolute atomic E-state index is 0.0241. The smallest absolute Gasteiger partial charge is 0.381 e. The van der Waals surface area contributed by atoms with E-state index in [9.17, 15) is 22.8 Å². The molecule has 34 heavy (non-hydrogen) atoms. The number of carbonyl (C=O) groups excluding carboxylic acids is 2. The van der Waals surface area contributed by atoms with Crippen molar-refractivity contribution in [1.29, 1.82) is 0 Å². The van der Waals surface area contributed by atoms with Crippen LogP contribution < -0.4 is 10.6 Å². The first-order valence-electron chi connectivity index (χ1n) is 12.2. The van der Waals surface area contributed by atoms with Crippen molar-refractivity contribution in [2.24, 2.45) is 5.92 Å². The molecule has 0 spiro atoms. The first-order valence-corrected chi connectivity index (χ1v) is 12.2. The zero-order valence-corrected chi connectivity index (χ0v) is 19.1. The molecule has 3 fully saturated rings. The van der Waals surface area contributed by atoms with Crippen LogP contribution in [0.15, 0.2) is 18.2 Å². The standard InChI is InChI=1S/C24H31F3N4O3/c25-24(26,27)17-2-4-20-16(11-17)13-30(14-21(20)31-8-7-28-23(31)33)22(32)15-1-3-19(12-15)29-18-5-9-34-10-6-18/h2,4,11,15,18-19,21,29H,1,3,5-10,12-14H2,(H,28,33). The molecule has 4 aliphatic rings. The van der Waals surface area contributed by atoms with E-state index >= 15 is 0 Å². The number of alkyl halides is 3. The van der Waals surface area contributed by atoms with Crippen molar-refractivity contribution in [2.75, 3.05) is 32.8 Å². The molecule has 3 atom stereocenters. The highest BCUT2D eigenvalue weighted by Crippen LogP contribution is 2.38. The number of hydrogen-bond acceptors (Lipinski definition) is 4. The Kier molecular flexibility index (Phi) is 6.45. The van der Waals surface area contributed by atoms with Crippen molar-refractivity contribution >= 4 is 11.9 Å². The van der Waals surface area contributed by atoms with E-state index < -0.39 is 17.8 Å². The maximum absolute atomic E-state index is 13.5. The third-order valence-corrected chi connectivity index (χ3v) is 7.64. The summed E-state index contributed by atoms with van der Waals surface area (Å²) in [7, 11) is 0. The second-order valence-corrected chi connectivity index (χ2v) is 9.83. The zero-order valence-electron chi connectivity index (χ0n) is 19.1. The molecule has 10 heteroatoms. The number of nitrogens with one attached hydrogen (secondary N) is 2. The van der Waals surface area contributed by atoms with Crippen molar-refractivity contribution in [3.8, 4) is 0 Å². The van der Waals surface area contributed by atoms with E-state index in [4.69, 9.17) is 4.74 Å². The fraction of sp³-hybridized carbons (Fsp3) is 0.667. The van der Waals surface area contributed by atoms with E-state index in [1.165, 1.54) is 6.07 Å². The van der Waals surface area contributed by atoms with Crippen LogP contribution in [0.5, 0.6) is 0 Å². The molecule has 2 saturated heterocycles. The summed E-state index contributed by atoms with van der Waals surface area (Å²) in [5.41, 5.74) is 0.431.